The summed E-state index contributed by atoms with van der Waals surface area (Å²) in [6.45, 7) is 2.98. The summed E-state index contributed by atoms with van der Waals surface area (Å²) in [4.78, 5) is 25.3. The Kier molecular flexibility index (Phi) is 3.64. The topological polar surface area (TPSA) is 67.2 Å². The molecule has 2 amide bonds. The highest BCUT2D eigenvalue weighted by molar-refractivity contribution is 6.01. The molecule has 1 saturated heterocycles. The summed E-state index contributed by atoms with van der Waals surface area (Å²) in [6.07, 6.45) is 4.77. The van der Waals surface area contributed by atoms with E-state index in [4.69, 9.17) is 0 Å². The van der Waals surface area contributed by atoms with Crippen molar-refractivity contribution in [2.75, 3.05) is 18.4 Å². The first-order chi connectivity index (χ1) is 8.59. The Hall–Kier alpha value is -1.85. The van der Waals surface area contributed by atoms with Crippen molar-refractivity contribution in [2.45, 2.75) is 26.2 Å². The third-order valence-electron chi connectivity index (χ3n) is 3.10. The van der Waals surface area contributed by atoms with Gasteiger partial charge in [0.25, 0.3) is 5.91 Å². The van der Waals surface area contributed by atoms with Crippen LogP contribution in [0.3, 0.4) is 0 Å². The molecule has 0 spiro atoms. The van der Waals surface area contributed by atoms with Gasteiger partial charge in [0.05, 0.1) is 11.9 Å². The number of aryl methyl sites for hydroxylation is 1. The smallest absolute Gasteiger partial charge is 0.274 e. The maximum atomic E-state index is 12.4. The number of carbonyl (C=O) groups excluding carboxylic acids is 2. The van der Waals surface area contributed by atoms with Gasteiger partial charge in [-0.05, 0) is 19.3 Å². The van der Waals surface area contributed by atoms with E-state index in [1.807, 2.05) is 4.90 Å². The maximum Gasteiger partial charge on any atom is 0.274 e. The van der Waals surface area contributed by atoms with Gasteiger partial charge in [0.1, 0.15) is 5.69 Å². The summed E-state index contributed by atoms with van der Waals surface area (Å²) in [5.74, 6) is -0.255. The van der Waals surface area contributed by atoms with Gasteiger partial charge in [0.2, 0.25) is 5.91 Å². The second-order valence-corrected chi connectivity index (χ2v) is 4.56. The largest absolute Gasteiger partial charge is 0.337 e. The fraction of sp³-hybridized carbons (Fsp3) is 0.583. The Bertz CT molecular complexity index is 461. The van der Waals surface area contributed by atoms with E-state index in [1.165, 1.54) is 24.2 Å². The molecule has 6 heteroatoms. The zero-order chi connectivity index (χ0) is 13.1. The van der Waals surface area contributed by atoms with Crippen molar-refractivity contribution < 1.29 is 9.59 Å². The van der Waals surface area contributed by atoms with E-state index < -0.39 is 0 Å². The van der Waals surface area contributed by atoms with Crippen LogP contribution in [0.1, 0.15) is 36.7 Å². The fourth-order valence-electron chi connectivity index (χ4n) is 2.22. The molecule has 2 heterocycles. The number of likely N-dealkylation sites (tertiary alicyclic amines) is 1. The molecular weight excluding hydrogens is 232 g/mol. The Balaban J connectivity index is 2.22. The Morgan fingerprint density at radius 1 is 1.28 bits per heavy atom. The second kappa shape index (κ2) is 5.20. The van der Waals surface area contributed by atoms with Crippen LogP contribution in [0.2, 0.25) is 0 Å². The molecule has 6 nitrogen and oxygen atoms in total. The molecular formula is C12H18N4O2. The van der Waals surface area contributed by atoms with Crippen LogP contribution in [0.4, 0.5) is 5.69 Å². The van der Waals surface area contributed by atoms with Crippen molar-refractivity contribution in [1.29, 1.82) is 0 Å². The first-order valence-corrected chi connectivity index (χ1v) is 6.18. The van der Waals surface area contributed by atoms with Gasteiger partial charge in [-0.2, -0.15) is 5.10 Å². The number of rotatable bonds is 2. The standard InChI is InChI=1S/C12H18N4O2/c1-9(17)14-10-8-13-15(2)11(10)12(18)16-6-4-3-5-7-16/h8H,3-7H2,1-2H3,(H,14,17). The molecule has 1 aliphatic rings. The molecule has 0 radical (unpaired) electrons. The third-order valence-corrected chi connectivity index (χ3v) is 3.10. The van der Waals surface area contributed by atoms with Gasteiger partial charge in [-0.1, -0.05) is 0 Å². The molecule has 0 aliphatic carbocycles. The van der Waals surface area contributed by atoms with Crippen LogP contribution in [0.5, 0.6) is 0 Å². The first kappa shape index (κ1) is 12.6. The van der Waals surface area contributed by atoms with Crippen LogP contribution in [0.15, 0.2) is 6.20 Å². The van der Waals surface area contributed by atoms with Gasteiger partial charge in [-0.3, -0.25) is 14.3 Å². The highest BCUT2D eigenvalue weighted by atomic mass is 16.2. The molecule has 1 aromatic rings. The van der Waals surface area contributed by atoms with Crippen LogP contribution in [-0.2, 0) is 11.8 Å². The average molecular weight is 250 g/mol. The molecule has 98 valence electrons. The zero-order valence-corrected chi connectivity index (χ0v) is 10.8. The Morgan fingerprint density at radius 3 is 2.56 bits per heavy atom. The third kappa shape index (κ3) is 2.52. The highest BCUT2D eigenvalue weighted by Gasteiger charge is 2.24. The Morgan fingerprint density at radius 2 is 1.94 bits per heavy atom. The van der Waals surface area contributed by atoms with Crippen LogP contribution < -0.4 is 5.32 Å². The van der Waals surface area contributed by atoms with E-state index in [0.29, 0.717) is 11.4 Å². The predicted octanol–water partition coefficient (Wildman–Crippen LogP) is 1.00. The number of aromatic nitrogens is 2. The van der Waals surface area contributed by atoms with Gasteiger partial charge in [-0.15, -0.1) is 0 Å². The molecule has 0 saturated carbocycles. The molecule has 0 bridgehead atoms. The monoisotopic (exact) mass is 250 g/mol. The van der Waals surface area contributed by atoms with E-state index in [1.54, 1.807) is 7.05 Å². The van der Waals surface area contributed by atoms with Crippen molar-refractivity contribution in [3.8, 4) is 0 Å². The van der Waals surface area contributed by atoms with Crippen molar-refractivity contribution >= 4 is 17.5 Å². The van der Waals surface area contributed by atoms with Crippen LogP contribution >= 0.6 is 0 Å². The van der Waals surface area contributed by atoms with E-state index in [-0.39, 0.29) is 11.8 Å². The summed E-state index contributed by atoms with van der Waals surface area (Å²) in [7, 11) is 1.71. The number of piperidine rings is 1. The Labute approximate surface area is 106 Å². The SMILES string of the molecule is CC(=O)Nc1cnn(C)c1C(=O)N1CCCCC1. The summed E-state index contributed by atoms with van der Waals surface area (Å²) >= 11 is 0. The normalized spacial score (nSPS) is 15.6. The summed E-state index contributed by atoms with van der Waals surface area (Å²) in [5, 5.41) is 6.68. The summed E-state index contributed by atoms with van der Waals surface area (Å²) < 4.78 is 1.52. The number of hydrogen-bond acceptors (Lipinski definition) is 3. The van der Waals surface area contributed by atoms with E-state index in [0.717, 1.165) is 25.9 Å². The summed E-state index contributed by atoms with van der Waals surface area (Å²) in [6, 6.07) is 0. The number of nitrogens with one attached hydrogen (secondary N) is 1. The van der Waals surface area contributed by atoms with Crippen molar-refractivity contribution in [2.24, 2.45) is 7.05 Å². The van der Waals surface area contributed by atoms with E-state index in [2.05, 4.69) is 10.4 Å². The lowest BCUT2D eigenvalue weighted by molar-refractivity contribution is -0.114. The van der Waals surface area contributed by atoms with Crippen molar-refractivity contribution in [3.05, 3.63) is 11.9 Å². The number of hydrogen-bond donors (Lipinski definition) is 1. The molecule has 0 unspecified atom stereocenters. The number of carbonyl (C=O) groups is 2. The molecule has 1 aliphatic heterocycles. The predicted molar refractivity (Wildman–Crippen MR) is 67.3 cm³/mol. The molecule has 18 heavy (non-hydrogen) atoms. The minimum absolute atomic E-state index is 0.0570. The van der Waals surface area contributed by atoms with Gasteiger partial charge < -0.3 is 10.2 Å². The minimum atomic E-state index is -0.198. The number of anilines is 1. The molecule has 0 aromatic carbocycles. The number of amides is 2. The van der Waals surface area contributed by atoms with Crippen LogP contribution in [-0.4, -0.2) is 39.6 Å². The maximum absolute atomic E-state index is 12.4. The molecule has 1 fully saturated rings. The van der Waals surface area contributed by atoms with Crippen molar-refractivity contribution in [3.63, 3.8) is 0 Å². The van der Waals surface area contributed by atoms with Crippen LogP contribution in [0, 0.1) is 0 Å². The number of nitrogens with zero attached hydrogens (tertiary/aromatic N) is 3. The fourth-order valence-corrected chi connectivity index (χ4v) is 2.22. The van der Waals surface area contributed by atoms with Crippen molar-refractivity contribution in [1.82, 2.24) is 14.7 Å². The van der Waals surface area contributed by atoms with E-state index >= 15 is 0 Å². The zero-order valence-electron chi connectivity index (χ0n) is 10.8. The van der Waals surface area contributed by atoms with Gasteiger partial charge in [0, 0.05) is 27.1 Å². The van der Waals surface area contributed by atoms with Crippen LogP contribution in [0.25, 0.3) is 0 Å². The lowest BCUT2D eigenvalue weighted by Gasteiger charge is -2.26. The molecule has 1 N–H and O–H groups in total. The second-order valence-electron chi connectivity index (χ2n) is 4.56. The molecule has 0 atom stereocenters. The lowest BCUT2D eigenvalue weighted by atomic mass is 10.1. The lowest BCUT2D eigenvalue weighted by Crippen LogP contribution is -2.37. The van der Waals surface area contributed by atoms with E-state index in [9.17, 15) is 9.59 Å². The highest BCUT2D eigenvalue weighted by Crippen LogP contribution is 2.19. The summed E-state index contributed by atoms with van der Waals surface area (Å²) in [5.41, 5.74) is 0.938. The minimum Gasteiger partial charge on any atom is -0.337 e. The van der Waals surface area contributed by atoms with Gasteiger partial charge in [0.15, 0.2) is 0 Å². The molecule has 2 rings (SSSR count). The first-order valence-electron chi connectivity index (χ1n) is 6.18. The van der Waals surface area contributed by atoms with Gasteiger partial charge >= 0.3 is 0 Å². The quantitative estimate of drug-likeness (QED) is 0.851. The van der Waals surface area contributed by atoms with Gasteiger partial charge in [-0.25, -0.2) is 0 Å². The average Bonchev–Trinajstić information content (AvgIpc) is 2.70. The molecule has 1 aromatic heterocycles.